The van der Waals surface area contributed by atoms with E-state index >= 15 is 0 Å². The highest BCUT2D eigenvalue weighted by Gasteiger charge is 2.17. The van der Waals surface area contributed by atoms with E-state index in [1.807, 2.05) is 0 Å². The van der Waals surface area contributed by atoms with Gasteiger partial charge < -0.3 is 10.3 Å². The van der Waals surface area contributed by atoms with Gasteiger partial charge in [0.05, 0.1) is 16.0 Å². The monoisotopic (exact) mass is 284 g/mol. The summed E-state index contributed by atoms with van der Waals surface area (Å²) in [6.07, 6.45) is 3.86. The predicted molar refractivity (Wildman–Crippen MR) is 68.8 cm³/mol. The molecule has 0 saturated heterocycles. The summed E-state index contributed by atoms with van der Waals surface area (Å²) in [6.45, 7) is 0.413. The van der Waals surface area contributed by atoms with Crippen molar-refractivity contribution in [3.05, 3.63) is 51.3 Å². The van der Waals surface area contributed by atoms with Gasteiger partial charge in [0, 0.05) is 25.4 Å². The first-order valence-corrected chi connectivity index (χ1v) is 5.81. The molecule has 0 unspecified atom stereocenters. The standard InChI is InChI=1S/C11H10ClFN4O2/c12-7-5-9(10(17(18)19)6-8(7)13)14-2-1-11-15-3-4-16-11/h3-6,14H,1-2H2,(H,15,16). The van der Waals surface area contributed by atoms with Gasteiger partial charge in [0.25, 0.3) is 5.69 Å². The van der Waals surface area contributed by atoms with E-state index in [1.165, 1.54) is 6.07 Å². The maximum atomic E-state index is 13.2. The van der Waals surface area contributed by atoms with Crippen molar-refractivity contribution in [1.82, 2.24) is 9.97 Å². The van der Waals surface area contributed by atoms with Gasteiger partial charge in [-0.25, -0.2) is 9.37 Å². The molecule has 0 spiro atoms. The highest BCUT2D eigenvalue weighted by atomic mass is 35.5. The number of H-pyrrole nitrogens is 1. The number of nitro groups is 1. The Morgan fingerprint density at radius 3 is 2.95 bits per heavy atom. The summed E-state index contributed by atoms with van der Waals surface area (Å²) in [5, 5.41) is 13.5. The topological polar surface area (TPSA) is 83.8 Å². The van der Waals surface area contributed by atoms with Gasteiger partial charge in [0.15, 0.2) is 0 Å². The Morgan fingerprint density at radius 2 is 2.32 bits per heavy atom. The van der Waals surface area contributed by atoms with Crippen LogP contribution in [0.25, 0.3) is 0 Å². The average Bonchev–Trinajstić information content (AvgIpc) is 2.86. The summed E-state index contributed by atoms with van der Waals surface area (Å²) < 4.78 is 13.2. The molecule has 19 heavy (non-hydrogen) atoms. The van der Waals surface area contributed by atoms with Crippen LogP contribution in [0.1, 0.15) is 5.82 Å². The third-order valence-corrected chi connectivity index (χ3v) is 2.76. The van der Waals surface area contributed by atoms with E-state index in [-0.39, 0.29) is 16.4 Å². The molecule has 1 aromatic heterocycles. The van der Waals surface area contributed by atoms with Gasteiger partial charge in [-0.2, -0.15) is 0 Å². The van der Waals surface area contributed by atoms with Gasteiger partial charge >= 0.3 is 0 Å². The van der Waals surface area contributed by atoms with Crippen LogP contribution in [-0.2, 0) is 6.42 Å². The summed E-state index contributed by atoms with van der Waals surface area (Å²) in [5.41, 5.74) is -0.163. The molecule has 0 amide bonds. The van der Waals surface area contributed by atoms with Gasteiger partial charge in [-0.3, -0.25) is 10.1 Å². The number of rotatable bonds is 5. The van der Waals surface area contributed by atoms with Crippen molar-refractivity contribution in [2.45, 2.75) is 6.42 Å². The van der Waals surface area contributed by atoms with Crippen LogP contribution in [0.2, 0.25) is 5.02 Å². The largest absolute Gasteiger partial charge is 0.379 e. The molecular weight excluding hydrogens is 275 g/mol. The quantitative estimate of drug-likeness (QED) is 0.653. The van der Waals surface area contributed by atoms with Crippen LogP contribution in [0.4, 0.5) is 15.8 Å². The summed E-state index contributed by atoms with van der Waals surface area (Å²) in [4.78, 5) is 17.1. The molecule has 0 aliphatic heterocycles. The molecule has 8 heteroatoms. The third-order valence-electron chi connectivity index (χ3n) is 2.47. The number of halogens is 2. The summed E-state index contributed by atoms with van der Waals surface area (Å²) >= 11 is 5.61. The second-order valence-electron chi connectivity index (χ2n) is 3.75. The fraction of sp³-hybridized carbons (Fsp3) is 0.182. The minimum atomic E-state index is -0.815. The molecule has 2 rings (SSSR count). The second-order valence-corrected chi connectivity index (χ2v) is 4.16. The lowest BCUT2D eigenvalue weighted by molar-refractivity contribution is -0.384. The van der Waals surface area contributed by atoms with E-state index in [9.17, 15) is 14.5 Å². The average molecular weight is 285 g/mol. The molecular formula is C11H10ClFN4O2. The van der Waals surface area contributed by atoms with Gasteiger partial charge in [-0.05, 0) is 6.07 Å². The van der Waals surface area contributed by atoms with Crippen molar-refractivity contribution in [3.8, 4) is 0 Å². The number of hydrogen-bond acceptors (Lipinski definition) is 4. The van der Waals surface area contributed by atoms with E-state index in [0.717, 1.165) is 11.9 Å². The Bertz CT molecular complexity index is 589. The minimum absolute atomic E-state index is 0.161. The fourth-order valence-corrected chi connectivity index (χ4v) is 1.74. The predicted octanol–water partition coefficient (Wildman–Crippen LogP) is 2.76. The lowest BCUT2D eigenvalue weighted by Gasteiger charge is -2.07. The first-order valence-electron chi connectivity index (χ1n) is 5.43. The van der Waals surface area contributed by atoms with Crippen LogP contribution in [0.5, 0.6) is 0 Å². The molecule has 0 atom stereocenters. The Labute approximate surface area is 112 Å². The SMILES string of the molecule is O=[N+]([O-])c1cc(F)c(Cl)cc1NCCc1ncc[nH]1. The summed E-state index contributed by atoms with van der Waals surface area (Å²) in [6, 6.07) is 2.01. The molecule has 0 radical (unpaired) electrons. The number of anilines is 1. The van der Waals surface area contributed by atoms with E-state index < -0.39 is 10.7 Å². The van der Waals surface area contributed by atoms with Crippen LogP contribution in [0.3, 0.4) is 0 Å². The van der Waals surface area contributed by atoms with Gasteiger partial charge in [-0.15, -0.1) is 0 Å². The third kappa shape index (κ3) is 3.19. The van der Waals surface area contributed by atoms with Crippen LogP contribution in [0.15, 0.2) is 24.5 Å². The Kier molecular flexibility index (Phi) is 3.96. The Hall–Kier alpha value is -2.15. The van der Waals surface area contributed by atoms with Gasteiger partial charge in [0.2, 0.25) is 0 Å². The van der Waals surface area contributed by atoms with Crippen molar-refractivity contribution >= 4 is 23.0 Å². The van der Waals surface area contributed by atoms with E-state index in [1.54, 1.807) is 12.4 Å². The molecule has 2 aromatic rings. The summed E-state index contributed by atoms with van der Waals surface area (Å²) in [7, 11) is 0. The van der Waals surface area contributed by atoms with Crippen LogP contribution in [0, 0.1) is 15.9 Å². The van der Waals surface area contributed by atoms with E-state index in [4.69, 9.17) is 11.6 Å². The molecule has 6 nitrogen and oxygen atoms in total. The molecule has 0 aliphatic rings. The molecule has 2 N–H and O–H groups in total. The second kappa shape index (κ2) is 5.66. The van der Waals surface area contributed by atoms with Crippen molar-refractivity contribution < 1.29 is 9.31 Å². The molecule has 0 fully saturated rings. The molecule has 100 valence electrons. The molecule has 0 saturated carbocycles. The van der Waals surface area contributed by atoms with Crippen molar-refractivity contribution in [3.63, 3.8) is 0 Å². The van der Waals surface area contributed by atoms with Crippen LogP contribution < -0.4 is 5.32 Å². The Balaban J connectivity index is 2.10. The number of nitro benzene ring substituents is 1. The number of imidazole rings is 1. The van der Waals surface area contributed by atoms with Gasteiger partial charge in [-0.1, -0.05) is 11.6 Å². The molecule has 0 bridgehead atoms. The zero-order valence-corrected chi connectivity index (χ0v) is 10.4. The molecule has 1 heterocycles. The number of aromatic amines is 1. The van der Waals surface area contributed by atoms with Crippen LogP contribution >= 0.6 is 11.6 Å². The lowest BCUT2D eigenvalue weighted by atomic mass is 10.2. The Morgan fingerprint density at radius 1 is 1.53 bits per heavy atom. The molecule has 0 aliphatic carbocycles. The minimum Gasteiger partial charge on any atom is -0.379 e. The van der Waals surface area contributed by atoms with Crippen molar-refractivity contribution in [1.29, 1.82) is 0 Å². The van der Waals surface area contributed by atoms with Crippen molar-refractivity contribution in [2.75, 3.05) is 11.9 Å². The number of hydrogen-bond donors (Lipinski definition) is 2. The number of aromatic nitrogens is 2. The first-order chi connectivity index (χ1) is 9.08. The maximum absolute atomic E-state index is 13.2. The normalized spacial score (nSPS) is 10.4. The van der Waals surface area contributed by atoms with Crippen LogP contribution in [-0.4, -0.2) is 21.4 Å². The number of nitrogens with zero attached hydrogens (tertiary/aromatic N) is 2. The highest BCUT2D eigenvalue weighted by molar-refractivity contribution is 6.31. The highest BCUT2D eigenvalue weighted by Crippen LogP contribution is 2.30. The van der Waals surface area contributed by atoms with Crippen molar-refractivity contribution in [2.24, 2.45) is 0 Å². The zero-order chi connectivity index (χ0) is 13.8. The van der Waals surface area contributed by atoms with E-state index in [0.29, 0.717) is 13.0 Å². The number of benzene rings is 1. The summed E-state index contributed by atoms with van der Waals surface area (Å²) in [5.74, 6) is -0.0617. The smallest absolute Gasteiger partial charge is 0.295 e. The fourth-order valence-electron chi connectivity index (χ4n) is 1.58. The first kappa shape index (κ1) is 13.3. The zero-order valence-electron chi connectivity index (χ0n) is 9.69. The number of nitrogens with one attached hydrogen (secondary N) is 2. The van der Waals surface area contributed by atoms with E-state index in [2.05, 4.69) is 15.3 Å². The maximum Gasteiger partial charge on any atom is 0.295 e. The molecule has 1 aromatic carbocycles. The lowest BCUT2D eigenvalue weighted by Crippen LogP contribution is -2.08. The van der Waals surface area contributed by atoms with Gasteiger partial charge in [0.1, 0.15) is 17.3 Å².